The molecule has 1 aliphatic carbocycles. The number of rotatable bonds is 5. The van der Waals surface area contributed by atoms with E-state index in [9.17, 15) is 0 Å². The molecule has 3 rings (SSSR count). The van der Waals surface area contributed by atoms with E-state index in [2.05, 4.69) is 41.0 Å². The number of aryl methyl sites for hydroxylation is 1. The molecule has 0 aliphatic heterocycles. The Kier molecular flexibility index (Phi) is 4.38. The monoisotopic (exact) mass is 287 g/mol. The van der Waals surface area contributed by atoms with E-state index in [1.54, 1.807) is 7.11 Å². The Hall–Kier alpha value is -1.32. The molecule has 0 fully saturated rings. The Bertz CT molecular complexity index is 550. The Balaban J connectivity index is 1.64. The third-order valence-corrected chi connectivity index (χ3v) is 4.94. The molecule has 0 saturated heterocycles. The lowest BCUT2D eigenvalue weighted by molar-refractivity contribution is 0.411. The second-order valence-corrected chi connectivity index (χ2v) is 6.33. The fourth-order valence-electron chi connectivity index (χ4n) is 2.95. The Morgan fingerprint density at radius 2 is 2.30 bits per heavy atom. The first kappa shape index (κ1) is 13.7. The minimum atomic E-state index is 0.504. The number of ether oxygens (including phenoxy) is 1. The van der Waals surface area contributed by atoms with E-state index in [0.717, 1.165) is 18.7 Å². The molecule has 1 atom stereocenters. The summed E-state index contributed by atoms with van der Waals surface area (Å²) in [5, 5.41) is 5.87. The van der Waals surface area contributed by atoms with E-state index in [1.165, 1.54) is 35.3 Å². The third kappa shape index (κ3) is 3.05. The van der Waals surface area contributed by atoms with Crippen LogP contribution < -0.4 is 10.1 Å². The summed E-state index contributed by atoms with van der Waals surface area (Å²) in [6, 6.07) is 11.4. The van der Waals surface area contributed by atoms with Gasteiger partial charge in [-0.25, -0.2) is 0 Å². The van der Waals surface area contributed by atoms with E-state index in [4.69, 9.17) is 4.74 Å². The zero-order valence-electron chi connectivity index (χ0n) is 11.9. The van der Waals surface area contributed by atoms with Crippen molar-refractivity contribution in [2.75, 3.05) is 13.7 Å². The van der Waals surface area contributed by atoms with Crippen molar-refractivity contribution in [1.29, 1.82) is 0 Å². The van der Waals surface area contributed by atoms with Crippen LogP contribution in [0.3, 0.4) is 0 Å². The van der Waals surface area contributed by atoms with Crippen molar-refractivity contribution in [1.82, 2.24) is 5.32 Å². The van der Waals surface area contributed by atoms with Crippen LogP contribution in [0.25, 0.3) is 0 Å². The summed E-state index contributed by atoms with van der Waals surface area (Å²) in [6.07, 6.45) is 4.80. The maximum Gasteiger partial charge on any atom is 0.119 e. The topological polar surface area (TPSA) is 21.3 Å². The molecule has 0 amide bonds. The fourth-order valence-corrected chi connectivity index (χ4v) is 3.66. The highest BCUT2D eigenvalue weighted by Gasteiger charge is 2.19. The molecule has 1 aromatic heterocycles. The summed E-state index contributed by atoms with van der Waals surface area (Å²) in [7, 11) is 1.74. The summed E-state index contributed by atoms with van der Waals surface area (Å²) in [4.78, 5) is 1.46. The lowest BCUT2D eigenvalue weighted by Gasteiger charge is -2.27. The maximum absolute atomic E-state index is 5.33. The first-order valence-electron chi connectivity index (χ1n) is 7.29. The van der Waals surface area contributed by atoms with Gasteiger partial charge in [0.2, 0.25) is 0 Å². The minimum Gasteiger partial charge on any atom is -0.497 e. The van der Waals surface area contributed by atoms with E-state index >= 15 is 0 Å². The van der Waals surface area contributed by atoms with Gasteiger partial charge < -0.3 is 10.1 Å². The Morgan fingerprint density at radius 1 is 1.35 bits per heavy atom. The predicted octanol–water partition coefficient (Wildman–Crippen LogP) is 3.97. The van der Waals surface area contributed by atoms with Gasteiger partial charge in [-0.05, 0) is 60.4 Å². The van der Waals surface area contributed by atoms with Crippen LogP contribution in [-0.2, 0) is 12.8 Å². The van der Waals surface area contributed by atoms with Crippen molar-refractivity contribution >= 4 is 11.3 Å². The zero-order chi connectivity index (χ0) is 13.8. The Labute approximate surface area is 124 Å². The van der Waals surface area contributed by atoms with Crippen molar-refractivity contribution in [3.8, 4) is 5.75 Å². The van der Waals surface area contributed by atoms with Crippen LogP contribution in [0.1, 0.15) is 34.9 Å². The molecule has 2 aromatic rings. The molecule has 20 heavy (non-hydrogen) atoms. The average Bonchev–Trinajstić information content (AvgIpc) is 3.00. The summed E-state index contributed by atoms with van der Waals surface area (Å²) in [5.74, 6) is 0.975. The number of methoxy groups -OCH3 is 1. The van der Waals surface area contributed by atoms with Crippen molar-refractivity contribution in [2.24, 2.45) is 0 Å². The molecule has 1 aromatic carbocycles. The average molecular weight is 287 g/mol. The number of fused-ring (bicyclic) bond motifs is 1. The van der Waals surface area contributed by atoms with E-state index in [-0.39, 0.29) is 0 Å². The largest absolute Gasteiger partial charge is 0.497 e. The standard InChI is InChI=1S/C17H21NOS/c1-19-14-7-8-16-13(12-14)4-2-6-17(16)18-10-9-15-5-3-11-20-15/h3,5,7-8,11-12,17-18H,2,4,6,9-10H2,1H3. The molecule has 1 unspecified atom stereocenters. The second-order valence-electron chi connectivity index (χ2n) is 5.29. The van der Waals surface area contributed by atoms with Crippen molar-refractivity contribution in [3.63, 3.8) is 0 Å². The SMILES string of the molecule is COc1ccc2c(c1)CCCC2NCCc1cccs1. The van der Waals surface area contributed by atoms with Gasteiger partial charge in [-0.1, -0.05) is 12.1 Å². The second kappa shape index (κ2) is 6.42. The number of nitrogens with one attached hydrogen (secondary N) is 1. The molecule has 1 aliphatic rings. The van der Waals surface area contributed by atoms with Crippen LogP contribution in [0.15, 0.2) is 35.7 Å². The highest BCUT2D eigenvalue weighted by Crippen LogP contribution is 2.32. The first-order valence-corrected chi connectivity index (χ1v) is 8.17. The smallest absolute Gasteiger partial charge is 0.119 e. The molecule has 1 N–H and O–H groups in total. The minimum absolute atomic E-state index is 0.504. The molecular formula is C17H21NOS. The van der Waals surface area contributed by atoms with Crippen LogP contribution in [0.4, 0.5) is 0 Å². The number of benzene rings is 1. The third-order valence-electron chi connectivity index (χ3n) is 4.01. The van der Waals surface area contributed by atoms with Crippen LogP contribution in [0.2, 0.25) is 0 Å². The van der Waals surface area contributed by atoms with Gasteiger partial charge >= 0.3 is 0 Å². The maximum atomic E-state index is 5.33. The predicted molar refractivity (Wildman–Crippen MR) is 84.7 cm³/mol. The fraction of sp³-hybridized carbons (Fsp3) is 0.412. The number of hydrogen-bond donors (Lipinski definition) is 1. The van der Waals surface area contributed by atoms with E-state index < -0.39 is 0 Å². The quantitative estimate of drug-likeness (QED) is 0.898. The van der Waals surface area contributed by atoms with Gasteiger partial charge in [0.1, 0.15) is 5.75 Å². The van der Waals surface area contributed by atoms with Crippen molar-refractivity contribution in [3.05, 3.63) is 51.7 Å². The summed E-state index contributed by atoms with van der Waals surface area (Å²) >= 11 is 1.84. The van der Waals surface area contributed by atoms with Crippen molar-refractivity contribution in [2.45, 2.75) is 31.7 Å². The zero-order valence-corrected chi connectivity index (χ0v) is 12.7. The first-order chi connectivity index (χ1) is 9.86. The summed E-state index contributed by atoms with van der Waals surface area (Å²) in [5.41, 5.74) is 2.91. The van der Waals surface area contributed by atoms with Gasteiger partial charge in [0, 0.05) is 17.5 Å². The van der Waals surface area contributed by atoms with Gasteiger partial charge in [0.25, 0.3) is 0 Å². The normalized spacial score (nSPS) is 17.8. The summed E-state index contributed by atoms with van der Waals surface area (Å²) < 4.78 is 5.33. The van der Waals surface area contributed by atoms with Gasteiger partial charge in [-0.3, -0.25) is 0 Å². The van der Waals surface area contributed by atoms with Gasteiger partial charge in [0.05, 0.1) is 7.11 Å². The summed E-state index contributed by atoms with van der Waals surface area (Å²) in [6.45, 7) is 1.05. The van der Waals surface area contributed by atoms with Crippen LogP contribution in [-0.4, -0.2) is 13.7 Å². The molecule has 0 spiro atoms. The molecule has 106 valence electrons. The lowest BCUT2D eigenvalue weighted by atomic mass is 9.87. The number of thiophene rings is 1. The highest BCUT2D eigenvalue weighted by atomic mass is 32.1. The molecular weight excluding hydrogens is 266 g/mol. The number of hydrogen-bond acceptors (Lipinski definition) is 3. The van der Waals surface area contributed by atoms with Crippen LogP contribution in [0.5, 0.6) is 5.75 Å². The van der Waals surface area contributed by atoms with Crippen molar-refractivity contribution < 1.29 is 4.74 Å². The highest BCUT2D eigenvalue weighted by molar-refractivity contribution is 7.09. The molecule has 0 radical (unpaired) electrons. The van der Waals surface area contributed by atoms with Crippen LogP contribution >= 0.6 is 11.3 Å². The van der Waals surface area contributed by atoms with Gasteiger partial charge in [-0.2, -0.15) is 0 Å². The van der Waals surface area contributed by atoms with E-state index in [1.807, 2.05) is 11.3 Å². The molecule has 0 saturated carbocycles. The molecule has 3 heteroatoms. The lowest BCUT2D eigenvalue weighted by Crippen LogP contribution is -2.26. The molecule has 2 nitrogen and oxygen atoms in total. The van der Waals surface area contributed by atoms with Gasteiger partial charge in [-0.15, -0.1) is 11.3 Å². The van der Waals surface area contributed by atoms with Crippen LogP contribution in [0, 0.1) is 0 Å². The van der Waals surface area contributed by atoms with E-state index in [0.29, 0.717) is 6.04 Å². The Morgan fingerprint density at radius 3 is 3.10 bits per heavy atom. The van der Waals surface area contributed by atoms with Gasteiger partial charge in [0.15, 0.2) is 0 Å². The molecule has 0 bridgehead atoms. The molecule has 1 heterocycles.